The summed E-state index contributed by atoms with van der Waals surface area (Å²) < 4.78 is 0. The molecule has 5 heteroatoms. The first-order valence-corrected chi connectivity index (χ1v) is 7.01. The summed E-state index contributed by atoms with van der Waals surface area (Å²) in [5.41, 5.74) is 6.35. The van der Waals surface area contributed by atoms with Crippen molar-refractivity contribution in [2.45, 2.75) is 25.3 Å². The standard InChI is InChI=1S/C17H17N3O2/c1-2-3-4-10-14(16(18)21)20-17(22)13-9-5-7-12-8-6-11-19-15(12)13/h1,5-9,11,14H,3-4,10H2,(H2,18,21)(H,20,22)/t14-/m0/s1. The number of terminal acetylenes is 1. The highest BCUT2D eigenvalue weighted by atomic mass is 16.2. The first-order valence-electron chi connectivity index (χ1n) is 7.01. The summed E-state index contributed by atoms with van der Waals surface area (Å²) in [6.07, 6.45) is 8.39. The molecule has 2 amide bonds. The normalized spacial score (nSPS) is 11.6. The van der Waals surface area contributed by atoms with Crippen LogP contribution in [0.1, 0.15) is 29.6 Å². The Bertz CT molecular complexity index is 729. The van der Waals surface area contributed by atoms with Gasteiger partial charge in [0.2, 0.25) is 5.91 Å². The molecular weight excluding hydrogens is 278 g/mol. The van der Waals surface area contributed by atoms with Crippen molar-refractivity contribution in [3.8, 4) is 12.3 Å². The van der Waals surface area contributed by atoms with E-state index >= 15 is 0 Å². The van der Waals surface area contributed by atoms with Gasteiger partial charge in [-0.3, -0.25) is 14.6 Å². The number of nitrogens with two attached hydrogens (primary N) is 1. The number of unbranched alkanes of at least 4 members (excludes halogenated alkanes) is 1. The third-order valence-corrected chi connectivity index (χ3v) is 3.34. The van der Waals surface area contributed by atoms with Crippen molar-refractivity contribution >= 4 is 22.7 Å². The van der Waals surface area contributed by atoms with Crippen LogP contribution in [-0.2, 0) is 4.79 Å². The highest BCUT2D eigenvalue weighted by Crippen LogP contribution is 2.16. The Morgan fingerprint density at radius 2 is 2.09 bits per heavy atom. The molecule has 0 unspecified atom stereocenters. The summed E-state index contributed by atoms with van der Waals surface area (Å²) in [7, 11) is 0. The molecular formula is C17H17N3O2. The van der Waals surface area contributed by atoms with E-state index in [1.54, 1.807) is 24.4 Å². The molecule has 22 heavy (non-hydrogen) atoms. The maximum atomic E-state index is 12.4. The smallest absolute Gasteiger partial charge is 0.254 e. The van der Waals surface area contributed by atoms with Gasteiger partial charge in [0.15, 0.2) is 0 Å². The van der Waals surface area contributed by atoms with Crippen LogP contribution in [0.2, 0.25) is 0 Å². The molecule has 1 heterocycles. The van der Waals surface area contributed by atoms with Crippen LogP contribution in [0.4, 0.5) is 0 Å². The van der Waals surface area contributed by atoms with E-state index in [0.717, 1.165) is 5.39 Å². The highest BCUT2D eigenvalue weighted by Gasteiger charge is 2.19. The minimum Gasteiger partial charge on any atom is -0.368 e. The number of hydrogen-bond acceptors (Lipinski definition) is 3. The van der Waals surface area contributed by atoms with Gasteiger partial charge in [0.25, 0.3) is 5.91 Å². The molecule has 0 aliphatic heterocycles. The van der Waals surface area contributed by atoms with Crippen LogP contribution in [0.3, 0.4) is 0 Å². The molecule has 0 fully saturated rings. The molecule has 1 aromatic carbocycles. The molecule has 0 saturated carbocycles. The maximum Gasteiger partial charge on any atom is 0.254 e. The molecule has 1 aromatic heterocycles. The fourth-order valence-corrected chi connectivity index (χ4v) is 2.22. The molecule has 0 spiro atoms. The fraction of sp³-hybridized carbons (Fsp3) is 0.235. The number of benzene rings is 1. The number of nitrogens with zero attached hydrogens (tertiary/aromatic N) is 1. The number of carbonyl (C=O) groups excluding carboxylic acids is 2. The topological polar surface area (TPSA) is 85.1 Å². The molecule has 0 bridgehead atoms. The lowest BCUT2D eigenvalue weighted by Crippen LogP contribution is -2.44. The van der Waals surface area contributed by atoms with E-state index in [1.165, 1.54) is 0 Å². The minimum atomic E-state index is -0.736. The van der Waals surface area contributed by atoms with E-state index in [0.29, 0.717) is 30.3 Å². The summed E-state index contributed by atoms with van der Waals surface area (Å²) >= 11 is 0. The first-order chi connectivity index (χ1) is 10.6. The Morgan fingerprint density at radius 1 is 1.32 bits per heavy atom. The number of primary amides is 1. The van der Waals surface area contributed by atoms with Crippen LogP contribution in [0.25, 0.3) is 10.9 Å². The molecule has 2 rings (SSSR count). The number of hydrogen-bond donors (Lipinski definition) is 2. The molecule has 0 saturated heterocycles. The van der Waals surface area contributed by atoms with Gasteiger partial charge < -0.3 is 11.1 Å². The number of amides is 2. The van der Waals surface area contributed by atoms with Gasteiger partial charge in [0.1, 0.15) is 6.04 Å². The number of aromatic nitrogens is 1. The Balaban J connectivity index is 2.19. The molecule has 0 aliphatic rings. The largest absolute Gasteiger partial charge is 0.368 e. The number of fused-ring (bicyclic) bond motifs is 1. The Morgan fingerprint density at radius 3 is 2.82 bits per heavy atom. The fourth-order valence-electron chi connectivity index (χ4n) is 2.22. The van der Waals surface area contributed by atoms with Crippen molar-refractivity contribution in [2.24, 2.45) is 5.73 Å². The van der Waals surface area contributed by atoms with Gasteiger partial charge in [-0.25, -0.2) is 0 Å². The minimum absolute atomic E-state index is 0.367. The molecule has 2 aromatic rings. The van der Waals surface area contributed by atoms with Crippen LogP contribution in [0.15, 0.2) is 36.5 Å². The zero-order chi connectivity index (χ0) is 15.9. The zero-order valence-electron chi connectivity index (χ0n) is 12.1. The summed E-state index contributed by atoms with van der Waals surface area (Å²) in [4.78, 5) is 28.1. The lowest BCUT2D eigenvalue weighted by molar-refractivity contribution is -0.120. The predicted octanol–water partition coefficient (Wildman–Crippen LogP) is 1.62. The Hall–Kier alpha value is -2.87. The van der Waals surface area contributed by atoms with Gasteiger partial charge in [0.05, 0.1) is 11.1 Å². The SMILES string of the molecule is C#CCCC[C@H](NC(=O)c1cccc2cccnc12)C(N)=O. The summed E-state index contributed by atoms with van der Waals surface area (Å²) in [6.45, 7) is 0. The van der Waals surface area contributed by atoms with Crippen LogP contribution in [-0.4, -0.2) is 22.8 Å². The van der Waals surface area contributed by atoms with Crippen molar-refractivity contribution in [3.05, 3.63) is 42.1 Å². The average Bonchev–Trinajstić information content (AvgIpc) is 2.53. The van der Waals surface area contributed by atoms with E-state index in [2.05, 4.69) is 16.2 Å². The van der Waals surface area contributed by atoms with Gasteiger partial charge in [-0.1, -0.05) is 18.2 Å². The monoisotopic (exact) mass is 295 g/mol. The second-order valence-electron chi connectivity index (χ2n) is 4.91. The lowest BCUT2D eigenvalue weighted by atomic mass is 10.1. The molecule has 3 N–H and O–H groups in total. The molecule has 0 radical (unpaired) electrons. The summed E-state index contributed by atoms with van der Waals surface area (Å²) in [6, 6.07) is 8.26. The summed E-state index contributed by atoms with van der Waals surface area (Å²) in [5.74, 6) is 1.56. The number of para-hydroxylation sites is 1. The van der Waals surface area contributed by atoms with Crippen molar-refractivity contribution in [1.82, 2.24) is 10.3 Å². The van der Waals surface area contributed by atoms with Crippen molar-refractivity contribution in [2.75, 3.05) is 0 Å². The number of carbonyl (C=O) groups is 2. The van der Waals surface area contributed by atoms with Crippen LogP contribution >= 0.6 is 0 Å². The van der Waals surface area contributed by atoms with Gasteiger partial charge in [0, 0.05) is 18.0 Å². The average molecular weight is 295 g/mol. The molecule has 1 atom stereocenters. The lowest BCUT2D eigenvalue weighted by Gasteiger charge is -2.15. The molecule has 112 valence electrons. The van der Waals surface area contributed by atoms with Gasteiger partial charge in [-0.15, -0.1) is 12.3 Å². The van der Waals surface area contributed by atoms with Gasteiger partial charge in [-0.2, -0.15) is 0 Å². The Kier molecular flexibility index (Phi) is 5.10. The molecule has 0 aliphatic carbocycles. The van der Waals surface area contributed by atoms with Gasteiger partial charge >= 0.3 is 0 Å². The number of pyridine rings is 1. The zero-order valence-corrected chi connectivity index (χ0v) is 12.1. The number of nitrogens with one attached hydrogen (secondary N) is 1. The van der Waals surface area contributed by atoms with Crippen LogP contribution < -0.4 is 11.1 Å². The predicted molar refractivity (Wildman–Crippen MR) is 84.9 cm³/mol. The second kappa shape index (κ2) is 7.23. The van der Waals surface area contributed by atoms with Crippen LogP contribution in [0.5, 0.6) is 0 Å². The van der Waals surface area contributed by atoms with E-state index in [4.69, 9.17) is 12.2 Å². The maximum absolute atomic E-state index is 12.4. The number of rotatable bonds is 6. The third kappa shape index (κ3) is 3.61. The highest BCUT2D eigenvalue weighted by molar-refractivity contribution is 6.06. The van der Waals surface area contributed by atoms with Crippen LogP contribution in [0, 0.1) is 12.3 Å². The third-order valence-electron chi connectivity index (χ3n) is 3.34. The van der Waals surface area contributed by atoms with E-state index in [1.807, 2.05) is 12.1 Å². The van der Waals surface area contributed by atoms with Crippen molar-refractivity contribution in [1.29, 1.82) is 0 Å². The van der Waals surface area contributed by atoms with Crippen molar-refractivity contribution < 1.29 is 9.59 Å². The van der Waals surface area contributed by atoms with E-state index < -0.39 is 11.9 Å². The first kappa shape index (κ1) is 15.5. The second-order valence-corrected chi connectivity index (χ2v) is 4.91. The Labute approximate surface area is 128 Å². The van der Waals surface area contributed by atoms with E-state index in [-0.39, 0.29) is 5.91 Å². The van der Waals surface area contributed by atoms with Crippen molar-refractivity contribution in [3.63, 3.8) is 0 Å². The quantitative estimate of drug-likeness (QED) is 0.627. The molecule has 5 nitrogen and oxygen atoms in total. The summed E-state index contributed by atoms with van der Waals surface area (Å²) in [5, 5.41) is 3.52. The van der Waals surface area contributed by atoms with Gasteiger partial charge in [-0.05, 0) is 25.0 Å². The van der Waals surface area contributed by atoms with E-state index in [9.17, 15) is 9.59 Å².